The van der Waals surface area contributed by atoms with Crippen LogP contribution in [-0.2, 0) is 4.84 Å². The van der Waals surface area contributed by atoms with Crippen molar-refractivity contribution in [2.75, 3.05) is 18.5 Å². The minimum absolute atomic E-state index is 0.0622. The predicted molar refractivity (Wildman–Crippen MR) is 117 cm³/mol. The van der Waals surface area contributed by atoms with Gasteiger partial charge in [0.1, 0.15) is 5.82 Å². The van der Waals surface area contributed by atoms with E-state index in [-0.39, 0.29) is 23.2 Å². The average Bonchev–Trinajstić information content (AvgIpc) is 3.04. The van der Waals surface area contributed by atoms with Gasteiger partial charge in [0.05, 0.1) is 17.7 Å². The number of hydrogen-bond donors (Lipinski definition) is 0. The van der Waals surface area contributed by atoms with E-state index in [4.69, 9.17) is 4.84 Å². The lowest BCUT2D eigenvalue weighted by Crippen LogP contribution is -2.44. The molecule has 1 aliphatic rings. The number of aryl methyl sites for hydroxylation is 1. The van der Waals surface area contributed by atoms with Crippen LogP contribution < -0.4 is 4.90 Å². The number of anilines is 1. The quantitative estimate of drug-likeness (QED) is 0.416. The van der Waals surface area contributed by atoms with Gasteiger partial charge in [-0.25, -0.2) is 9.23 Å². The second kappa shape index (κ2) is 8.72. The number of imide groups is 1. The van der Waals surface area contributed by atoms with Crippen LogP contribution in [0.5, 0.6) is 0 Å². The van der Waals surface area contributed by atoms with Crippen molar-refractivity contribution < 1.29 is 23.6 Å². The summed E-state index contributed by atoms with van der Waals surface area (Å²) in [6.45, 7) is 2.03. The first kappa shape index (κ1) is 21.4. The van der Waals surface area contributed by atoms with E-state index >= 15 is 0 Å². The number of fused-ring (bicyclic) bond motifs is 1. The van der Waals surface area contributed by atoms with Crippen LogP contribution in [0.25, 0.3) is 0 Å². The first-order valence-electron chi connectivity index (χ1n) is 10.1. The van der Waals surface area contributed by atoms with Gasteiger partial charge in [0.25, 0.3) is 11.8 Å². The molecule has 0 N–H and O–H groups in total. The molecule has 0 spiro atoms. The number of nitrogens with zero attached hydrogens (tertiary/aromatic N) is 2. The normalized spacial score (nSPS) is 13.8. The zero-order chi connectivity index (χ0) is 22.8. The molecule has 1 heterocycles. The van der Waals surface area contributed by atoms with Gasteiger partial charge in [-0.1, -0.05) is 29.8 Å². The average molecular weight is 432 g/mol. The van der Waals surface area contributed by atoms with Crippen molar-refractivity contribution >= 4 is 23.3 Å². The summed E-state index contributed by atoms with van der Waals surface area (Å²) in [5, 5.41) is 0.639. The number of amides is 2. The fraction of sp³-hybridized carbons (Fsp3) is 0.160. The van der Waals surface area contributed by atoms with E-state index in [0.717, 1.165) is 11.3 Å². The van der Waals surface area contributed by atoms with E-state index in [9.17, 15) is 18.8 Å². The second-order valence-corrected chi connectivity index (χ2v) is 7.63. The number of hydrogen-bond acceptors (Lipinski definition) is 5. The first-order valence-corrected chi connectivity index (χ1v) is 10.1. The van der Waals surface area contributed by atoms with Crippen molar-refractivity contribution in [1.29, 1.82) is 0 Å². The molecule has 0 fully saturated rings. The highest BCUT2D eigenvalue weighted by molar-refractivity contribution is 6.20. The molecule has 0 aliphatic carbocycles. The van der Waals surface area contributed by atoms with Crippen molar-refractivity contribution in [1.82, 2.24) is 5.06 Å². The van der Waals surface area contributed by atoms with Crippen molar-refractivity contribution in [3.63, 3.8) is 0 Å². The molecule has 0 saturated carbocycles. The Labute approximate surface area is 184 Å². The van der Waals surface area contributed by atoms with Gasteiger partial charge in [-0.2, -0.15) is 0 Å². The number of carbonyl (C=O) groups is 3. The Bertz CT molecular complexity index is 1140. The zero-order valence-electron chi connectivity index (χ0n) is 17.6. The minimum atomic E-state index is -1.19. The lowest BCUT2D eigenvalue weighted by atomic mass is 10.1. The molecule has 32 heavy (non-hydrogen) atoms. The number of ketones is 1. The van der Waals surface area contributed by atoms with Crippen LogP contribution >= 0.6 is 0 Å². The molecule has 3 aromatic rings. The van der Waals surface area contributed by atoms with Gasteiger partial charge >= 0.3 is 0 Å². The van der Waals surface area contributed by atoms with E-state index in [1.807, 2.05) is 31.2 Å². The number of Topliss-reactive ketones (excluding diaryl/α,β-unsaturated/α-hetero) is 1. The fourth-order valence-corrected chi connectivity index (χ4v) is 3.51. The SMILES string of the molecule is Cc1ccc(N(C)CC(ON2C(=O)c3ccccc3C2=O)C(=O)c2ccc(F)cc2)cc1. The Morgan fingerprint density at radius 3 is 2.06 bits per heavy atom. The number of rotatable bonds is 7. The van der Waals surface area contributed by atoms with Gasteiger partial charge in [-0.15, -0.1) is 5.06 Å². The number of likely N-dealkylation sites (N-methyl/N-ethyl adjacent to an activating group) is 1. The molecule has 4 rings (SSSR count). The van der Waals surface area contributed by atoms with Gasteiger partial charge in [0.2, 0.25) is 0 Å². The maximum atomic E-state index is 13.3. The van der Waals surface area contributed by atoms with Crippen molar-refractivity contribution in [3.8, 4) is 0 Å². The molecule has 1 aliphatic heterocycles. The molecule has 1 unspecified atom stereocenters. The Hall–Kier alpha value is -3.84. The third-order valence-electron chi connectivity index (χ3n) is 5.33. The zero-order valence-corrected chi connectivity index (χ0v) is 17.6. The smallest absolute Gasteiger partial charge is 0.285 e. The van der Waals surface area contributed by atoms with Gasteiger partial charge in [0, 0.05) is 18.3 Å². The van der Waals surface area contributed by atoms with Crippen LogP contribution in [0.1, 0.15) is 36.6 Å². The highest BCUT2D eigenvalue weighted by Gasteiger charge is 2.39. The van der Waals surface area contributed by atoms with E-state index in [1.165, 1.54) is 36.4 Å². The minimum Gasteiger partial charge on any atom is -0.371 e. The standard InChI is InChI=1S/C25H21FN2O4/c1-16-7-13-19(14-8-16)27(2)15-22(23(29)17-9-11-18(26)12-10-17)32-28-24(30)20-5-3-4-6-21(20)25(28)31/h3-14,22H,15H2,1-2H3. The molecule has 0 bridgehead atoms. The van der Waals surface area contributed by atoms with Crippen molar-refractivity contribution in [2.45, 2.75) is 13.0 Å². The molecular formula is C25H21FN2O4. The summed E-state index contributed by atoms with van der Waals surface area (Å²) in [6, 6.07) is 19.1. The lowest BCUT2D eigenvalue weighted by molar-refractivity contribution is -0.114. The summed E-state index contributed by atoms with van der Waals surface area (Å²) in [5.74, 6) is -2.20. The van der Waals surface area contributed by atoms with Crippen LogP contribution in [0.3, 0.4) is 0 Å². The second-order valence-electron chi connectivity index (χ2n) is 7.63. The van der Waals surface area contributed by atoms with Crippen molar-refractivity contribution in [3.05, 3.63) is 101 Å². The summed E-state index contributed by atoms with van der Waals surface area (Å²) in [6.07, 6.45) is -1.19. The molecule has 2 amide bonds. The molecule has 162 valence electrons. The van der Waals surface area contributed by atoms with Crippen LogP contribution in [0.15, 0.2) is 72.8 Å². The highest BCUT2D eigenvalue weighted by atomic mass is 19.1. The monoisotopic (exact) mass is 432 g/mol. The number of carbonyl (C=O) groups excluding carboxylic acids is 3. The van der Waals surface area contributed by atoms with E-state index in [2.05, 4.69) is 0 Å². The van der Waals surface area contributed by atoms with Crippen LogP contribution in [0, 0.1) is 12.7 Å². The fourth-order valence-electron chi connectivity index (χ4n) is 3.51. The van der Waals surface area contributed by atoms with Gasteiger partial charge in [-0.05, 0) is 55.5 Å². The molecule has 1 atom stereocenters. The molecular weight excluding hydrogens is 411 g/mol. The number of benzene rings is 3. The Morgan fingerprint density at radius 2 is 1.50 bits per heavy atom. The van der Waals surface area contributed by atoms with Crippen LogP contribution in [-0.4, -0.2) is 42.4 Å². The van der Waals surface area contributed by atoms with E-state index < -0.39 is 29.5 Å². The summed E-state index contributed by atoms with van der Waals surface area (Å²) in [5.41, 5.74) is 2.57. The largest absolute Gasteiger partial charge is 0.371 e. The maximum absolute atomic E-state index is 13.3. The van der Waals surface area contributed by atoms with Gasteiger partial charge in [0.15, 0.2) is 11.9 Å². The Balaban J connectivity index is 1.62. The number of hydroxylamine groups is 2. The molecule has 0 aromatic heterocycles. The van der Waals surface area contributed by atoms with Crippen LogP contribution in [0.4, 0.5) is 10.1 Å². The van der Waals surface area contributed by atoms with E-state index in [0.29, 0.717) is 5.06 Å². The van der Waals surface area contributed by atoms with Crippen LogP contribution in [0.2, 0.25) is 0 Å². The molecule has 0 radical (unpaired) electrons. The molecule has 0 saturated heterocycles. The Morgan fingerprint density at radius 1 is 0.938 bits per heavy atom. The summed E-state index contributed by atoms with van der Waals surface area (Å²) >= 11 is 0. The maximum Gasteiger partial charge on any atom is 0.285 e. The van der Waals surface area contributed by atoms with E-state index in [1.54, 1.807) is 24.1 Å². The molecule has 7 heteroatoms. The Kier molecular flexibility index (Phi) is 5.83. The van der Waals surface area contributed by atoms with Gasteiger partial charge in [-0.3, -0.25) is 14.4 Å². The first-order chi connectivity index (χ1) is 15.3. The van der Waals surface area contributed by atoms with Crippen molar-refractivity contribution in [2.24, 2.45) is 0 Å². The summed E-state index contributed by atoms with van der Waals surface area (Å²) in [4.78, 5) is 46.2. The third kappa shape index (κ3) is 4.15. The molecule has 3 aromatic carbocycles. The molecule has 6 nitrogen and oxygen atoms in total. The highest BCUT2D eigenvalue weighted by Crippen LogP contribution is 2.25. The lowest BCUT2D eigenvalue weighted by Gasteiger charge is -2.27. The topological polar surface area (TPSA) is 66.9 Å². The summed E-state index contributed by atoms with van der Waals surface area (Å²) in [7, 11) is 1.78. The van der Waals surface area contributed by atoms with Gasteiger partial charge < -0.3 is 4.90 Å². The number of halogens is 1. The third-order valence-corrected chi connectivity index (χ3v) is 5.33. The predicted octanol–water partition coefficient (Wildman–Crippen LogP) is 4.05. The summed E-state index contributed by atoms with van der Waals surface area (Å²) < 4.78 is 13.3.